The van der Waals surface area contributed by atoms with E-state index in [1.54, 1.807) is 28.8 Å². The first-order valence-electron chi connectivity index (χ1n) is 5.51. The second-order valence-electron chi connectivity index (χ2n) is 4.11. The summed E-state index contributed by atoms with van der Waals surface area (Å²) in [6.07, 6.45) is 1.68. The Morgan fingerprint density at radius 3 is 2.84 bits per heavy atom. The molecule has 2 amide bonds. The molecule has 1 aliphatic heterocycles. The van der Waals surface area contributed by atoms with Crippen LogP contribution in [0.3, 0.4) is 0 Å². The SMILES string of the molecule is C=C1CN(c2c(Cl)n3ccccc3nc2=O)C(=O)N1. The van der Waals surface area contributed by atoms with Crippen molar-refractivity contribution in [3.8, 4) is 0 Å². The second kappa shape index (κ2) is 4.10. The van der Waals surface area contributed by atoms with Crippen LogP contribution in [0, 0.1) is 0 Å². The molecular formula is C12H9ClN4O2. The Bertz CT molecular complexity index is 768. The lowest BCUT2D eigenvalue weighted by Gasteiger charge is -2.15. The number of hydrogen-bond donors (Lipinski definition) is 1. The third-order valence-electron chi connectivity index (χ3n) is 2.81. The summed E-state index contributed by atoms with van der Waals surface area (Å²) in [6.45, 7) is 3.86. The van der Waals surface area contributed by atoms with Gasteiger partial charge in [0.25, 0.3) is 5.56 Å². The molecule has 0 saturated carbocycles. The number of hydrogen-bond acceptors (Lipinski definition) is 3. The lowest BCUT2D eigenvalue weighted by molar-refractivity contribution is 0.252. The number of rotatable bonds is 1. The minimum atomic E-state index is -0.541. The standard InChI is InChI=1S/C12H9ClN4O2/c1-7-6-17(12(19)14-7)9-10(13)16-5-3-2-4-8(16)15-11(9)18/h2-5H,1,6H2,(H,14,19). The topological polar surface area (TPSA) is 66.7 Å². The van der Waals surface area contributed by atoms with E-state index in [-0.39, 0.29) is 17.4 Å². The first kappa shape index (κ1) is 11.7. The van der Waals surface area contributed by atoms with Gasteiger partial charge in [0, 0.05) is 11.9 Å². The van der Waals surface area contributed by atoms with Crippen molar-refractivity contribution in [3.05, 3.63) is 52.2 Å². The van der Waals surface area contributed by atoms with Crippen LogP contribution in [0.15, 0.2) is 41.5 Å². The number of pyridine rings is 1. The maximum atomic E-state index is 12.0. The Hall–Kier alpha value is -2.34. The predicted octanol–water partition coefficient (Wildman–Crippen LogP) is 1.39. The van der Waals surface area contributed by atoms with Gasteiger partial charge in [0.05, 0.1) is 6.54 Å². The van der Waals surface area contributed by atoms with E-state index in [1.165, 1.54) is 4.90 Å². The average Bonchev–Trinajstić information content (AvgIpc) is 2.68. The monoisotopic (exact) mass is 276 g/mol. The van der Waals surface area contributed by atoms with Crippen molar-refractivity contribution in [3.63, 3.8) is 0 Å². The Kier molecular flexibility index (Phi) is 2.53. The number of nitrogens with one attached hydrogen (secondary N) is 1. The zero-order chi connectivity index (χ0) is 13.6. The van der Waals surface area contributed by atoms with E-state index in [1.807, 2.05) is 0 Å². The molecule has 1 fully saturated rings. The molecule has 2 aromatic heterocycles. The summed E-state index contributed by atoms with van der Waals surface area (Å²) in [7, 11) is 0. The van der Waals surface area contributed by atoms with E-state index >= 15 is 0 Å². The Balaban J connectivity index is 2.27. The molecule has 0 radical (unpaired) electrons. The molecule has 6 nitrogen and oxygen atoms in total. The molecule has 3 rings (SSSR count). The van der Waals surface area contributed by atoms with Crippen LogP contribution in [0.5, 0.6) is 0 Å². The number of aromatic nitrogens is 2. The molecule has 1 saturated heterocycles. The number of anilines is 1. The average molecular weight is 277 g/mol. The molecule has 7 heteroatoms. The van der Waals surface area contributed by atoms with Crippen LogP contribution >= 0.6 is 11.6 Å². The van der Waals surface area contributed by atoms with E-state index in [0.717, 1.165) is 0 Å². The number of urea groups is 1. The highest BCUT2D eigenvalue weighted by atomic mass is 35.5. The molecule has 3 heterocycles. The van der Waals surface area contributed by atoms with E-state index in [2.05, 4.69) is 16.9 Å². The number of carbonyl (C=O) groups excluding carboxylic acids is 1. The van der Waals surface area contributed by atoms with Crippen molar-refractivity contribution in [2.24, 2.45) is 0 Å². The van der Waals surface area contributed by atoms with Gasteiger partial charge in [-0.15, -0.1) is 0 Å². The molecule has 0 aliphatic carbocycles. The summed E-state index contributed by atoms with van der Waals surface area (Å²) < 4.78 is 1.55. The fraction of sp³-hybridized carbons (Fsp3) is 0.0833. The second-order valence-corrected chi connectivity index (χ2v) is 4.46. The summed E-state index contributed by atoms with van der Waals surface area (Å²) >= 11 is 6.21. The lowest BCUT2D eigenvalue weighted by Crippen LogP contribution is -2.33. The van der Waals surface area contributed by atoms with Crippen LogP contribution in [0.25, 0.3) is 5.65 Å². The van der Waals surface area contributed by atoms with E-state index in [9.17, 15) is 9.59 Å². The van der Waals surface area contributed by atoms with E-state index in [0.29, 0.717) is 11.3 Å². The Labute approximate surface area is 112 Å². The molecule has 96 valence electrons. The van der Waals surface area contributed by atoms with Gasteiger partial charge in [-0.1, -0.05) is 24.2 Å². The molecule has 0 unspecified atom stereocenters. The smallest absolute Gasteiger partial charge is 0.310 e. The zero-order valence-corrected chi connectivity index (χ0v) is 10.5. The minimum absolute atomic E-state index is 0.0570. The Morgan fingerprint density at radius 1 is 1.37 bits per heavy atom. The normalized spacial score (nSPS) is 15.1. The van der Waals surface area contributed by atoms with Crippen LogP contribution < -0.4 is 15.8 Å². The fourth-order valence-corrected chi connectivity index (χ4v) is 2.30. The molecule has 1 aliphatic rings. The maximum absolute atomic E-state index is 12.0. The van der Waals surface area contributed by atoms with Crippen molar-refractivity contribution in [2.75, 3.05) is 11.4 Å². The molecule has 0 aromatic carbocycles. The largest absolute Gasteiger partial charge is 0.326 e. The molecular weight excluding hydrogens is 268 g/mol. The number of carbonyl (C=O) groups is 1. The van der Waals surface area contributed by atoms with Gasteiger partial charge < -0.3 is 5.32 Å². The van der Waals surface area contributed by atoms with Gasteiger partial charge in [0.1, 0.15) is 16.5 Å². The number of nitrogens with zero attached hydrogens (tertiary/aromatic N) is 3. The van der Waals surface area contributed by atoms with Crippen molar-refractivity contribution in [1.82, 2.24) is 14.7 Å². The quantitative estimate of drug-likeness (QED) is 0.801. The van der Waals surface area contributed by atoms with Crippen LogP contribution in [0.2, 0.25) is 5.15 Å². The third kappa shape index (κ3) is 1.77. The summed E-state index contributed by atoms with van der Waals surface area (Å²) in [5, 5.41) is 2.68. The first-order chi connectivity index (χ1) is 9.08. The van der Waals surface area contributed by atoms with Crippen LogP contribution in [-0.2, 0) is 0 Å². The predicted molar refractivity (Wildman–Crippen MR) is 71.5 cm³/mol. The van der Waals surface area contributed by atoms with Crippen molar-refractivity contribution in [1.29, 1.82) is 0 Å². The van der Waals surface area contributed by atoms with Crippen LogP contribution in [-0.4, -0.2) is 22.0 Å². The van der Waals surface area contributed by atoms with Crippen LogP contribution in [0.4, 0.5) is 10.5 Å². The first-order valence-corrected chi connectivity index (χ1v) is 5.89. The number of fused-ring (bicyclic) bond motifs is 1. The fourth-order valence-electron chi connectivity index (χ4n) is 1.98. The van der Waals surface area contributed by atoms with Crippen molar-refractivity contribution in [2.45, 2.75) is 0 Å². The highest BCUT2D eigenvalue weighted by Gasteiger charge is 2.29. The van der Waals surface area contributed by atoms with E-state index in [4.69, 9.17) is 11.6 Å². The molecule has 19 heavy (non-hydrogen) atoms. The molecule has 0 bridgehead atoms. The van der Waals surface area contributed by atoms with Crippen molar-refractivity contribution < 1.29 is 4.79 Å². The van der Waals surface area contributed by atoms with Gasteiger partial charge in [0.2, 0.25) is 0 Å². The number of amides is 2. The maximum Gasteiger partial charge on any atom is 0.326 e. The third-order valence-corrected chi connectivity index (χ3v) is 3.17. The summed E-state index contributed by atoms with van der Waals surface area (Å²) in [5.74, 6) is 0. The summed E-state index contributed by atoms with van der Waals surface area (Å²) in [6, 6.07) is 4.75. The van der Waals surface area contributed by atoms with Gasteiger partial charge in [-0.2, -0.15) is 4.98 Å². The van der Waals surface area contributed by atoms with Gasteiger partial charge in [0.15, 0.2) is 0 Å². The molecule has 0 atom stereocenters. The zero-order valence-electron chi connectivity index (χ0n) is 9.76. The molecule has 2 aromatic rings. The molecule has 1 N–H and O–H groups in total. The number of halogens is 1. The summed E-state index contributed by atoms with van der Waals surface area (Å²) in [4.78, 5) is 28.9. The molecule has 0 spiro atoms. The highest BCUT2D eigenvalue weighted by molar-refractivity contribution is 6.33. The van der Waals surface area contributed by atoms with E-state index < -0.39 is 11.6 Å². The van der Waals surface area contributed by atoms with Crippen molar-refractivity contribution >= 4 is 29.0 Å². The summed E-state index contributed by atoms with van der Waals surface area (Å²) in [5.41, 5.74) is 0.459. The van der Waals surface area contributed by atoms with Gasteiger partial charge in [-0.25, -0.2) is 4.79 Å². The van der Waals surface area contributed by atoms with Gasteiger partial charge in [-0.05, 0) is 12.1 Å². The minimum Gasteiger partial charge on any atom is -0.310 e. The van der Waals surface area contributed by atoms with Crippen LogP contribution in [0.1, 0.15) is 0 Å². The lowest BCUT2D eigenvalue weighted by atomic mass is 10.4. The highest BCUT2D eigenvalue weighted by Crippen LogP contribution is 2.24. The van der Waals surface area contributed by atoms with Gasteiger partial charge >= 0.3 is 6.03 Å². The van der Waals surface area contributed by atoms with Gasteiger partial charge in [-0.3, -0.25) is 14.1 Å². The Morgan fingerprint density at radius 2 is 2.16 bits per heavy atom.